The van der Waals surface area contributed by atoms with Crippen LogP contribution in [0.2, 0.25) is 0 Å². The Morgan fingerprint density at radius 3 is 2.55 bits per heavy atom. The van der Waals surface area contributed by atoms with E-state index in [9.17, 15) is 14.9 Å². The number of primary amides is 1. The van der Waals surface area contributed by atoms with E-state index in [-0.39, 0.29) is 24.6 Å². The molecule has 0 atom stereocenters. The predicted molar refractivity (Wildman–Crippen MR) is 161 cm³/mol. The third-order valence-corrected chi connectivity index (χ3v) is 6.67. The molecular weight excluding hydrogens is 508 g/mol. The van der Waals surface area contributed by atoms with Crippen LogP contribution in [0.25, 0.3) is 22.2 Å². The van der Waals surface area contributed by atoms with Gasteiger partial charge < -0.3 is 25.4 Å². The summed E-state index contributed by atoms with van der Waals surface area (Å²) in [5, 5.41) is 16.1. The summed E-state index contributed by atoms with van der Waals surface area (Å²) in [6.07, 6.45) is 4.34. The number of fused-ring (bicyclic) bond motifs is 1. The lowest BCUT2D eigenvalue weighted by atomic mass is 10.0. The Morgan fingerprint density at radius 1 is 1.18 bits per heavy atom. The monoisotopic (exact) mass is 546 g/mol. The molecule has 2 aromatic heterocycles. The molecule has 2 aromatic carbocycles. The molecule has 4 rings (SSSR count). The number of rotatable bonds is 11. The molecule has 40 heavy (non-hydrogen) atoms. The van der Waals surface area contributed by atoms with Gasteiger partial charge in [-0.25, -0.2) is 9.97 Å². The van der Waals surface area contributed by atoms with Crippen LogP contribution in [0.3, 0.4) is 0 Å². The van der Waals surface area contributed by atoms with Crippen LogP contribution in [-0.2, 0) is 17.8 Å². The number of likely N-dealkylation sites (N-methyl/N-ethyl adjacent to an activating group) is 2. The lowest BCUT2D eigenvalue weighted by Crippen LogP contribution is -2.29. The highest BCUT2D eigenvalue weighted by Crippen LogP contribution is 2.36. The van der Waals surface area contributed by atoms with E-state index in [2.05, 4.69) is 10.3 Å². The second-order valence-electron chi connectivity index (χ2n) is 9.84. The smallest absolute Gasteiger partial charge is 0.294 e. The Morgan fingerprint density at radius 2 is 1.90 bits per heavy atom. The highest BCUT2D eigenvalue weighted by Gasteiger charge is 2.21. The van der Waals surface area contributed by atoms with Crippen LogP contribution in [0, 0.1) is 17.0 Å². The molecule has 1 amide bonds. The van der Waals surface area contributed by atoms with Crippen molar-refractivity contribution in [3.05, 3.63) is 70.0 Å². The number of nitro groups is 1. The number of hydrogen-bond donors (Lipinski definition) is 2. The number of hydrogen-bond acceptors (Lipinski definition) is 8. The summed E-state index contributed by atoms with van der Waals surface area (Å²) in [5.41, 5.74) is 10.8. The lowest BCUT2D eigenvalue weighted by molar-refractivity contribution is -0.384. The zero-order valence-electron chi connectivity index (χ0n) is 22.9. The molecule has 11 nitrogen and oxygen atoms in total. The molecule has 3 N–H and O–H groups in total. The van der Waals surface area contributed by atoms with E-state index in [1.165, 1.54) is 6.07 Å². The molecular formula is C29H38N8O3. The number of nitrogens with two attached hydrogens (primary N) is 1. The van der Waals surface area contributed by atoms with E-state index >= 15 is 0 Å². The van der Waals surface area contributed by atoms with Crippen LogP contribution >= 0.6 is 0 Å². The SMILES string of the molecule is C.CCc1cnc(Nc2cc([N+](=O)[O-])c(N(C)CCN(C)C)cc2C)nc1-c1cn(CC(N)=O)c2ccccc12. The van der Waals surface area contributed by atoms with Gasteiger partial charge in [0, 0.05) is 55.1 Å². The van der Waals surface area contributed by atoms with E-state index in [0.29, 0.717) is 30.3 Å². The second kappa shape index (κ2) is 12.6. The van der Waals surface area contributed by atoms with Gasteiger partial charge in [0.25, 0.3) is 5.69 Å². The van der Waals surface area contributed by atoms with Gasteiger partial charge in [0.2, 0.25) is 11.9 Å². The maximum Gasteiger partial charge on any atom is 0.294 e. The van der Waals surface area contributed by atoms with Gasteiger partial charge in [0.05, 0.1) is 16.3 Å². The maximum atomic E-state index is 12.0. The van der Waals surface area contributed by atoms with Crippen LogP contribution < -0.4 is 16.0 Å². The summed E-state index contributed by atoms with van der Waals surface area (Å²) in [6, 6.07) is 11.1. The van der Waals surface area contributed by atoms with Crippen molar-refractivity contribution in [2.24, 2.45) is 5.73 Å². The van der Waals surface area contributed by atoms with Crippen molar-refractivity contribution in [2.75, 3.05) is 44.4 Å². The lowest BCUT2D eigenvalue weighted by Gasteiger charge is -2.22. The Bertz CT molecular complexity index is 1530. The quantitative estimate of drug-likeness (QED) is 0.203. The van der Waals surface area contributed by atoms with Crippen molar-refractivity contribution >= 4 is 39.8 Å². The fraction of sp³-hybridized carbons (Fsp3) is 0.345. The number of nitrogens with one attached hydrogen (secondary N) is 1. The number of carbonyl (C=O) groups is 1. The van der Waals surface area contributed by atoms with Gasteiger partial charge in [-0.05, 0) is 50.7 Å². The summed E-state index contributed by atoms with van der Waals surface area (Å²) in [6.45, 7) is 5.39. The number of aromatic nitrogens is 3. The van der Waals surface area contributed by atoms with Crippen molar-refractivity contribution in [1.82, 2.24) is 19.4 Å². The first-order chi connectivity index (χ1) is 18.6. The Balaban J connectivity index is 0.00000441. The molecule has 2 heterocycles. The summed E-state index contributed by atoms with van der Waals surface area (Å²) >= 11 is 0. The highest BCUT2D eigenvalue weighted by atomic mass is 16.6. The second-order valence-corrected chi connectivity index (χ2v) is 9.84. The van der Waals surface area contributed by atoms with Crippen molar-refractivity contribution in [3.8, 4) is 11.3 Å². The van der Waals surface area contributed by atoms with Crippen LogP contribution in [0.15, 0.2) is 48.8 Å². The minimum absolute atomic E-state index is 0. The van der Waals surface area contributed by atoms with E-state index in [0.717, 1.165) is 39.8 Å². The first-order valence-electron chi connectivity index (χ1n) is 12.7. The van der Waals surface area contributed by atoms with Gasteiger partial charge in [-0.1, -0.05) is 32.5 Å². The Kier molecular flexibility index (Phi) is 9.43. The third kappa shape index (κ3) is 6.37. The Hall–Kier alpha value is -4.51. The average Bonchev–Trinajstić information content (AvgIpc) is 3.25. The standard InChI is InChI=1S/C28H34N8O3.CH4/c1-6-19-15-30-28(32-27(19)21-16-35(17-26(29)37)23-10-8-7-9-20(21)23)31-22-14-25(36(38)39)24(13-18(22)2)34(5)12-11-33(3)4;/h7-10,13-16H,6,11-12,17H2,1-5H3,(H2,29,37)(H,30,31,32);1H4. The molecule has 0 fully saturated rings. The zero-order valence-corrected chi connectivity index (χ0v) is 22.9. The Labute approximate surface area is 234 Å². The van der Waals surface area contributed by atoms with Crippen LogP contribution in [0.4, 0.5) is 23.0 Å². The predicted octanol–water partition coefficient (Wildman–Crippen LogP) is 4.74. The topological polar surface area (TPSA) is 135 Å². The van der Waals surface area contributed by atoms with Gasteiger partial charge in [-0.2, -0.15) is 0 Å². The highest BCUT2D eigenvalue weighted by molar-refractivity contribution is 5.96. The van der Waals surface area contributed by atoms with Crippen molar-refractivity contribution in [3.63, 3.8) is 0 Å². The molecule has 0 aliphatic heterocycles. The number of nitro benzene ring substituents is 1. The maximum absolute atomic E-state index is 12.0. The summed E-state index contributed by atoms with van der Waals surface area (Å²) in [4.78, 5) is 36.6. The van der Waals surface area contributed by atoms with Gasteiger partial charge in [0.1, 0.15) is 12.2 Å². The number of benzene rings is 2. The number of para-hydroxylation sites is 1. The fourth-order valence-corrected chi connectivity index (χ4v) is 4.55. The summed E-state index contributed by atoms with van der Waals surface area (Å²) < 4.78 is 1.82. The van der Waals surface area contributed by atoms with Crippen LogP contribution in [0.1, 0.15) is 25.5 Å². The molecule has 4 aromatic rings. The molecule has 0 bridgehead atoms. The number of aryl methyl sites for hydroxylation is 2. The molecule has 11 heteroatoms. The summed E-state index contributed by atoms with van der Waals surface area (Å²) in [7, 11) is 5.79. The molecule has 0 saturated carbocycles. The minimum atomic E-state index is -0.434. The largest absolute Gasteiger partial charge is 0.368 e. The van der Waals surface area contributed by atoms with E-state index in [1.807, 2.05) is 85.9 Å². The van der Waals surface area contributed by atoms with Gasteiger partial charge in [-0.15, -0.1) is 0 Å². The normalized spacial score (nSPS) is 10.9. The summed E-state index contributed by atoms with van der Waals surface area (Å²) in [5.74, 6) is -0.115. The van der Waals surface area contributed by atoms with Crippen LogP contribution in [0.5, 0.6) is 0 Å². The molecule has 0 spiro atoms. The number of amides is 1. The van der Waals surface area contributed by atoms with Crippen molar-refractivity contribution in [1.29, 1.82) is 0 Å². The van der Waals surface area contributed by atoms with E-state index in [4.69, 9.17) is 10.7 Å². The molecule has 0 aliphatic rings. The molecule has 0 unspecified atom stereocenters. The van der Waals surface area contributed by atoms with E-state index < -0.39 is 5.91 Å². The minimum Gasteiger partial charge on any atom is -0.368 e. The van der Waals surface area contributed by atoms with Crippen molar-refractivity contribution < 1.29 is 9.72 Å². The van der Waals surface area contributed by atoms with Gasteiger partial charge in [-0.3, -0.25) is 14.9 Å². The molecule has 0 radical (unpaired) electrons. The molecule has 0 aliphatic carbocycles. The zero-order chi connectivity index (χ0) is 28.3. The fourth-order valence-electron chi connectivity index (χ4n) is 4.55. The van der Waals surface area contributed by atoms with Gasteiger partial charge >= 0.3 is 0 Å². The number of carbonyl (C=O) groups excluding carboxylic acids is 1. The molecule has 0 saturated heterocycles. The van der Waals surface area contributed by atoms with Crippen LogP contribution in [-0.4, -0.2) is 64.5 Å². The van der Waals surface area contributed by atoms with Crippen molar-refractivity contribution in [2.45, 2.75) is 34.2 Å². The van der Waals surface area contributed by atoms with E-state index in [1.54, 1.807) is 6.20 Å². The first kappa shape index (κ1) is 30.0. The number of nitrogens with zero attached hydrogens (tertiary/aromatic N) is 6. The molecule has 212 valence electrons. The van der Waals surface area contributed by atoms with Gasteiger partial charge in [0.15, 0.2) is 0 Å². The number of anilines is 3. The third-order valence-electron chi connectivity index (χ3n) is 6.67. The average molecular weight is 547 g/mol. The first-order valence-corrected chi connectivity index (χ1v) is 12.7.